The maximum Gasteiger partial charge on any atom is 0.419 e. The van der Waals surface area contributed by atoms with Gasteiger partial charge < -0.3 is 20.1 Å². The summed E-state index contributed by atoms with van der Waals surface area (Å²) < 4.78 is 69.1. The van der Waals surface area contributed by atoms with E-state index >= 15 is 0 Å². The SMILES string of the molecule is C=CC(=O)Nc1ccc2c(c1)nc(N1CCC(F)(F)[C@@H](Nc3ncc(C(F)(F)F)cn3)C1)n2C. The number of imidazole rings is 1. The summed E-state index contributed by atoms with van der Waals surface area (Å²) in [5.74, 6) is -3.42. The first-order valence-electron chi connectivity index (χ1n) is 10.2. The van der Waals surface area contributed by atoms with Gasteiger partial charge in [0.1, 0.15) is 6.04 Å². The van der Waals surface area contributed by atoms with Crippen LogP contribution < -0.4 is 15.5 Å². The average molecular weight is 481 g/mol. The van der Waals surface area contributed by atoms with Crippen LogP contribution in [-0.2, 0) is 18.0 Å². The van der Waals surface area contributed by atoms with E-state index in [0.717, 1.165) is 11.6 Å². The minimum absolute atomic E-state index is 0.0102. The van der Waals surface area contributed by atoms with Crippen LogP contribution in [0.15, 0.2) is 43.2 Å². The van der Waals surface area contributed by atoms with Gasteiger partial charge in [-0.2, -0.15) is 13.2 Å². The zero-order valence-corrected chi connectivity index (χ0v) is 17.9. The number of nitrogens with zero attached hydrogens (tertiary/aromatic N) is 5. The normalized spacial score (nSPS) is 18.1. The van der Waals surface area contributed by atoms with Crippen molar-refractivity contribution in [2.45, 2.75) is 24.6 Å². The third-order valence-electron chi connectivity index (χ3n) is 5.50. The predicted molar refractivity (Wildman–Crippen MR) is 116 cm³/mol. The van der Waals surface area contributed by atoms with Crippen LogP contribution in [0.4, 0.5) is 39.5 Å². The van der Waals surface area contributed by atoms with Crippen molar-refractivity contribution < 1.29 is 26.7 Å². The first-order valence-corrected chi connectivity index (χ1v) is 10.2. The van der Waals surface area contributed by atoms with Crippen LogP contribution in [0.3, 0.4) is 0 Å². The molecule has 0 bridgehead atoms. The fourth-order valence-corrected chi connectivity index (χ4v) is 3.68. The lowest BCUT2D eigenvalue weighted by Gasteiger charge is -2.39. The van der Waals surface area contributed by atoms with Gasteiger partial charge >= 0.3 is 6.18 Å². The molecule has 3 aromatic rings. The summed E-state index contributed by atoms with van der Waals surface area (Å²) in [6.45, 7) is 3.22. The molecule has 0 saturated carbocycles. The third kappa shape index (κ3) is 4.63. The molecule has 8 nitrogen and oxygen atoms in total. The highest BCUT2D eigenvalue weighted by molar-refractivity contribution is 6.00. The van der Waals surface area contributed by atoms with E-state index in [1.54, 1.807) is 34.7 Å². The van der Waals surface area contributed by atoms with Gasteiger partial charge in [0.05, 0.1) is 16.6 Å². The number of anilines is 3. The van der Waals surface area contributed by atoms with Gasteiger partial charge in [-0.1, -0.05) is 6.58 Å². The van der Waals surface area contributed by atoms with E-state index in [4.69, 9.17) is 0 Å². The van der Waals surface area contributed by atoms with Gasteiger partial charge in [-0.15, -0.1) is 0 Å². The molecule has 3 heterocycles. The number of carbonyl (C=O) groups excluding carboxylic acids is 1. The van der Waals surface area contributed by atoms with Crippen LogP contribution in [0.2, 0.25) is 0 Å². The molecule has 1 aliphatic rings. The first kappa shape index (κ1) is 23.4. The molecule has 180 valence electrons. The number of piperidine rings is 1. The van der Waals surface area contributed by atoms with Crippen LogP contribution in [0, 0.1) is 0 Å². The van der Waals surface area contributed by atoms with Gasteiger partial charge in [-0.25, -0.2) is 23.7 Å². The van der Waals surface area contributed by atoms with Crippen molar-refractivity contribution in [2.75, 3.05) is 28.6 Å². The lowest BCUT2D eigenvalue weighted by atomic mass is 10.0. The van der Waals surface area contributed by atoms with E-state index < -0.39 is 30.1 Å². The Bertz CT molecular complexity index is 1220. The van der Waals surface area contributed by atoms with Crippen LogP contribution in [0.5, 0.6) is 0 Å². The Kier molecular flexibility index (Phi) is 5.87. The zero-order valence-electron chi connectivity index (χ0n) is 17.9. The predicted octanol–water partition coefficient (Wildman–Crippen LogP) is 3.83. The summed E-state index contributed by atoms with van der Waals surface area (Å²) in [5.41, 5.74) is 0.705. The Morgan fingerprint density at radius 1 is 1.26 bits per heavy atom. The molecule has 1 aliphatic heterocycles. The van der Waals surface area contributed by atoms with E-state index in [1.165, 1.54) is 0 Å². The number of carbonyl (C=O) groups is 1. The summed E-state index contributed by atoms with van der Waals surface area (Å²) >= 11 is 0. The molecule has 0 spiro atoms. The quantitative estimate of drug-likeness (QED) is 0.426. The molecule has 34 heavy (non-hydrogen) atoms. The molecule has 1 saturated heterocycles. The fraction of sp³-hybridized carbons (Fsp3) is 0.333. The number of amides is 1. The summed E-state index contributed by atoms with van der Waals surface area (Å²) in [6, 6.07) is 3.63. The number of fused-ring (bicyclic) bond motifs is 1. The molecule has 2 aromatic heterocycles. The van der Waals surface area contributed by atoms with Crippen molar-refractivity contribution in [1.82, 2.24) is 19.5 Å². The Labute approximate surface area is 190 Å². The van der Waals surface area contributed by atoms with Gasteiger partial charge in [-0.05, 0) is 24.3 Å². The maximum absolute atomic E-state index is 14.6. The Morgan fingerprint density at radius 2 is 1.97 bits per heavy atom. The third-order valence-corrected chi connectivity index (χ3v) is 5.50. The zero-order chi connectivity index (χ0) is 24.7. The number of hydrogen-bond acceptors (Lipinski definition) is 6. The summed E-state index contributed by atoms with van der Waals surface area (Å²) in [7, 11) is 1.74. The number of alkyl halides is 5. The molecule has 0 unspecified atom stereocenters. The maximum atomic E-state index is 14.6. The van der Waals surface area contributed by atoms with Gasteiger partial charge in [0, 0.05) is 44.6 Å². The average Bonchev–Trinajstić information content (AvgIpc) is 3.10. The van der Waals surface area contributed by atoms with Crippen molar-refractivity contribution in [1.29, 1.82) is 0 Å². The van der Waals surface area contributed by atoms with Crippen molar-refractivity contribution >= 4 is 34.5 Å². The monoisotopic (exact) mass is 481 g/mol. The van der Waals surface area contributed by atoms with E-state index in [0.29, 0.717) is 29.5 Å². The first-order chi connectivity index (χ1) is 16.0. The van der Waals surface area contributed by atoms with E-state index in [1.807, 2.05) is 0 Å². The summed E-state index contributed by atoms with van der Waals surface area (Å²) in [6.07, 6.45) is -2.91. The second kappa shape index (κ2) is 8.54. The fourth-order valence-electron chi connectivity index (χ4n) is 3.68. The van der Waals surface area contributed by atoms with Crippen molar-refractivity contribution in [2.24, 2.45) is 7.05 Å². The molecule has 0 aliphatic carbocycles. The molecule has 1 aromatic carbocycles. The number of aromatic nitrogens is 4. The number of hydrogen-bond donors (Lipinski definition) is 2. The molecule has 2 N–H and O–H groups in total. The number of benzene rings is 1. The molecular formula is C21H20F5N7O. The molecular weight excluding hydrogens is 461 g/mol. The van der Waals surface area contributed by atoms with Gasteiger partial charge in [0.2, 0.25) is 17.8 Å². The lowest BCUT2D eigenvalue weighted by molar-refractivity contribution is -0.138. The number of aryl methyl sites for hydroxylation is 1. The molecule has 1 atom stereocenters. The standard InChI is InChI=1S/C21H20F5N7O/c1-3-17(34)29-13-4-5-15-14(8-13)30-19(32(15)2)33-7-6-20(22,23)16(11-33)31-18-27-9-12(10-28-18)21(24,25)26/h3-5,8-10,16H,1,6-7,11H2,2H3,(H,29,34)(H,27,28,31)/t16-/m0/s1. The lowest BCUT2D eigenvalue weighted by Crippen LogP contribution is -2.55. The highest BCUT2D eigenvalue weighted by Crippen LogP contribution is 2.34. The number of nitrogens with one attached hydrogen (secondary N) is 2. The summed E-state index contributed by atoms with van der Waals surface area (Å²) in [5, 5.41) is 5.10. The Hall–Kier alpha value is -3.77. The number of halogens is 5. The van der Waals surface area contributed by atoms with Crippen LogP contribution in [-0.4, -0.2) is 50.5 Å². The van der Waals surface area contributed by atoms with Crippen LogP contribution in [0.1, 0.15) is 12.0 Å². The van der Waals surface area contributed by atoms with Crippen molar-refractivity contribution in [3.8, 4) is 0 Å². The Morgan fingerprint density at radius 3 is 2.62 bits per heavy atom. The largest absolute Gasteiger partial charge is 0.419 e. The van der Waals surface area contributed by atoms with Gasteiger partial charge in [-0.3, -0.25) is 4.79 Å². The van der Waals surface area contributed by atoms with Crippen molar-refractivity contribution in [3.63, 3.8) is 0 Å². The molecule has 13 heteroatoms. The molecule has 4 rings (SSSR count). The van der Waals surface area contributed by atoms with Gasteiger partial charge in [0.15, 0.2) is 0 Å². The van der Waals surface area contributed by atoms with E-state index in [2.05, 4.69) is 32.2 Å². The Balaban J connectivity index is 1.56. The van der Waals surface area contributed by atoms with E-state index in [9.17, 15) is 26.7 Å². The smallest absolute Gasteiger partial charge is 0.344 e. The highest BCUT2D eigenvalue weighted by atomic mass is 19.4. The molecule has 0 radical (unpaired) electrons. The molecule has 1 fully saturated rings. The second-order valence-electron chi connectivity index (χ2n) is 7.81. The van der Waals surface area contributed by atoms with Crippen molar-refractivity contribution in [3.05, 3.63) is 48.8 Å². The minimum Gasteiger partial charge on any atom is -0.344 e. The van der Waals surface area contributed by atoms with Crippen LogP contribution in [0.25, 0.3) is 11.0 Å². The topological polar surface area (TPSA) is 88.0 Å². The van der Waals surface area contributed by atoms with Crippen LogP contribution >= 0.6 is 0 Å². The number of rotatable bonds is 5. The molecule has 1 amide bonds. The highest BCUT2D eigenvalue weighted by Gasteiger charge is 2.45. The van der Waals surface area contributed by atoms with Gasteiger partial charge in [0.25, 0.3) is 5.92 Å². The summed E-state index contributed by atoms with van der Waals surface area (Å²) in [4.78, 5) is 24.8. The van der Waals surface area contributed by atoms with E-state index in [-0.39, 0.29) is 24.9 Å². The second-order valence-corrected chi connectivity index (χ2v) is 7.81. The minimum atomic E-state index is -4.63.